The molecule has 2 rings (SSSR count). The molecule has 0 aliphatic heterocycles. The lowest BCUT2D eigenvalue weighted by Gasteiger charge is -2.30. The Kier molecular flexibility index (Phi) is 8.58. The normalized spacial score (nSPS) is 19.6. The molecule has 150 valence electrons. The molecule has 27 heavy (non-hydrogen) atoms. The standard InChI is InChI=1S/C21H33N3O3/c1-4-13-24(14-20(25)22-17-10-6-5-9-16(17)2)15-21(26)23-18-11-7-8-12-19(18)27-3/h7-8,11-12,16-17H,4-6,9-10,13-15H2,1-3H3,(H,22,25)(H,23,26)/t16-,17-/m0/s1. The first-order chi connectivity index (χ1) is 13.0. The number of hydrogen-bond donors (Lipinski definition) is 2. The fraction of sp³-hybridized carbons (Fsp3) is 0.619. The highest BCUT2D eigenvalue weighted by molar-refractivity contribution is 5.94. The molecule has 1 fully saturated rings. The number of methoxy groups -OCH3 is 1. The van der Waals surface area contributed by atoms with Gasteiger partial charge in [-0.25, -0.2) is 0 Å². The van der Waals surface area contributed by atoms with Crippen LogP contribution in [0.5, 0.6) is 5.75 Å². The zero-order valence-electron chi connectivity index (χ0n) is 16.8. The molecule has 6 nitrogen and oxygen atoms in total. The van der Waals surface area contributed by atoms with Gasteiger partial charge in [0.1, 0.15) is 5.75 Å². The lowest BCUT2D eigenvalue weighted by atomic mass is 9.86. The predicted molar refractivity (Wildman–Crippen MR) is 108 cm³/mol. The van der Waals surface area contributed by atoms with E-state index >= 15 is 0 Å². The van der Waals surface area contributed by atoms with Crippen molar-refractivity contribution in [3.63, 3.8) is 0 Å². The molecule has 0 unspecified atom stereocenters. The maximum Gasteiger partial charge on any atom is 0.238 e. The summed E-state index contributed by atoms with van der Waals surface area (Å²) >= 11 is 0. The summed E-state index contributed by atoms with van der Waals surface area (Å²) < 4.78 is 5.27. The molecule has 0 spiro atoms. The Balaban J connectivity index is 1.88. The number of benzene rings is 1. The van der Waals surface area contributed by atoms with Crippen LogP contribution in [0.2, 0.25) is 0 Å². The van der Waals surface area contributed by atoms with Gasteiger partial charge in [-0.05, 0) is 43.9 Å². The molecular weight excluding hydrogens is 342 g/mol. The number of carbonyl (C=O) groups excluding carboxylic acids is 2. The summed E-state index contributed by atoms with van der Waals surface area (Å²) in [5.41, 5.74) is 0.641. The minimum atomic E-state index is -0.146. The second-order valence-corrected chi connectivity index (χ2v) is 7.39. The number of amides is 2. The summed E-state index contributed by atoms with van der Waals surface area (Å²) in [5, 5.41) is 6.04. The Morgan fingerprint density at radius 2 is 1.85 bits per heavy atom. The van der Waals surface area contributed by atoms with Gasteiger partial charge in [0.25, 0.3) is 0 Å². The van der Waals surface area contributed by atoms with E-state index in [1.54, 1.807) is 19.2 Å². The first-order valence-electron chi connectivity index (χ1n) is 9.98. The highest BCUT2D eigenvalue weighted by Crippen LogP contribution is 2.24. The van der Waals surface area contributed by atoms with Crippen molar-refractivity contribution in [2.45, 2.75) is 52.0 Å². The Bertz CT molecular complexity index is 620. The van der Waals surface area contributed by atoms with E-state index in [4.69, 9.17) is 4.74 Å². The first-order valence-corrected chi connectivity index (χ1v) is 9.98. The van der Waals surface area contributed by atoms with Gasteiger partial charge in [0, 0.05) is 6.04 Å². The molecule has 2 atom stereocenters. The Morgan fingerprint density at radius 1 is 1.15 bits per heavy atom. The molecule has 2 N–H and O–H groups in total. The van der Waals surface area contributed by atoms with Crippen molar-refractivity contribution in [3.8, 4) is 5.75 Å². The summed E-state index contributed by atoms with van der Waals surface area (Å²) in [6, 6.07) is 7.57. The number of hydrogen-bond acceptors (Lipinski definition) is 4. The molecule has 1 aliphatic carbocycles. The van der Waals surface area contributed by atoms with E-state index in [1.165, 1.54) is 19.3 Å². The van der Waals surface area contributed by atoms with Gasteiger partial charge in [0.15, 0.2) is 0 Å². The zero-order valence-corrected chi connectivity index (χ0v) is 16.8. The van der Waals surface area contributed by atoms with Crippen LogP contribution in [0.25, 0.3) is 0 Å². The summed E-state index contributed by atoms with van der Waals surface area (Å²) in [7, 11) is 1.57. The summed E-state index contributed by atoms with van der Waals surface area (Å²) in [4.78, 5) is 26.8. The number of nitrogens with zero attached hydrogens (tertiary/aromatic N) is 1. The van der Waals surface area contributed by atoms with Crippen molar-refractivity contribution in [2.24, 2.45) is 5.92 Å². The van der Waals surface area contributed by atoms with E-state index in [0.717, 1.165) is 12.8 Å². The van der Waals surface area contributed by atoms with Gasteiger partial charge in [0.2, 0.25) is 11.8 Å². The maximum absolute atomic E-state index is 12.5. The number of para-hydroxylation sites is 2. The monoisotopic (exact) mass is 375 g/mol. The van der Waals surface area contributed by atoms with E-state index in [1.807, 2.05) is 24.0 Å². The van der Waals surface area contributed by atoms with Gasteiger partial charge >= 0.3 is 0 Å². The summed E-state index contributed by atoms with van der Waals surface area (Å²) in [5.74, 6) is 1.01. The topological polar surface area (TPSA) is 70.7 Å². The van der Waals surface area contributed by atoms with Crippen molar-refractivity contribution in [3.05, 3.63) is 24.3 Å². The fourth-order valence-electron chi connectivity index (χ4n) is 3.66. The van der Waals surface area contributed by atoms with E-state index < -0.39 is 0 Å². The van der Waals surface area contributed by atoms with Crippen molar-refractivity contribution in [1.29, 1.82) is 0 Å². The Labute approximate surface area is 162 Å². The maximum atomic E-state index is 12.5. The molecule has 6 heteroatoms. The van der Waals surface area contributed by atoms with E-state index in [-0.39, 0.29) is 30.9 Å². The van der Waals surface area contributed by atoms with Gasteiger partial charge < -0.3 is 15.4 Å². The number of rotatable bonds is 9. The van der Waals surface area contributed by atoms with Gasteiger partial charge in [-0.3, -0.25) is 14.5 Å². The third-order valence-electron chi connectivity index (χ3n) is 5.11. The van der Waals surface area contributed by atoms with Gasteiger partial charge in [-0.15, -0.1) is 0 Å². The second-order valence-electron chi connectivity index (χ2n) is 7.39. The molecule has 0 radical (unpaired) electrons. The molecule has 1 aromatic rings. The van der Waals surface area contributed by atoms with Crippen LogP contribution in [0, 0.1) is 5.92 Å². The lowest BCUT2D eigenvalue weighted by molar-refractivity contribution is -0.124. The number of anilines is 1. The third kappa shape index (κ3) is 6.86. The van der Waals surface area contributed by atoms with Crippen molar-refractivity contribution in [2.75, 3.05) is 32.1 Å². The molecule has 0 bridgehead atoms. The van der Waals surface area contributed by atoms with Gasteiger partial charge in [-0.1, -0.05) is 38.8 Å². The van der Waals surface area contributed by atoms with Crippen LogP contribution < -0.4 is 15.4 Å². The number of carbonyl (C=O) groups is 2. The largest absolute Gasteiger partial charge is 0.495 e. The third-order valence-corrected chi connectivity index (χ3v) is 5.11. The highest BCUT2D eigenvalue weighted by Gasteiger charge is 2.24. The quantitative estimate of drug-likeness (QED) is 0.696. The molecule has 0 aromatic heterocycles. The Morgan fingerprint density at radius 3 is 2.56 bits per heavy atom. The Hall–Kier alpha value is -2.08. The van der Waals surface area contributed by atoms with Crippen LogP contribution in [-0.4, -0.2) is 49.5 Å². The molecule has 0 saturated heterocycles. The minimum absolute atomic E-state index is 0.00675. The number of nitrogens with one attached hydrogen (secondary N) is 2. The van der Waals surface area contributed by atoms with Gasteiger partial charge in [-0.2, -0.15) is 0 Å². The molecule has 1 saturated carbocycles. The average Bonchev–Trinajstić information content (AvgIpc) is 2.64. The zero-order chi connectivity index (χ0) is 19.6. The number of ether oxygens (including phenoxy) is 1. The van der Waals surface area contributed by atoms with Gasteiger partial charge in [0.05, 0.1) is 25.9 Å². The fourth-order valence-corrected chi connectivity index (χ4v) is 3.66. The van der Waals surface area contributed by atoms with Crippen LogP contribution >= 0.6 is 0 Å². The lowest BCUT2D eigenvalue weighted by Crippen LogP contribution is -2.47. The van der Waals surface area contributed by atoms with Crippen LogP contribution in [0.15, 0.2) is 24.3 Å². The first kappa shape index (κ1) is 21.2. The van der Waals surface area contributed by atoms with E-state index in [2.05, 4.69) is 17.6 Å². The van der Waals surface area contributed by atoms with E-state index in [9.17, 15) is 9.59 Å². The van der Waals surface area contributed by atoms with Crippen LogP contribution in [-0.2, 0) is 9.59 Å². The minimum Gasteiger partial charge on any atom is -0.495 e. The highest BCUT2D eigenvalue weighted by atomic mass is 16.5. The van der Waals surface area contributed by atoms with Crippen molar-refractivity contribution < 1.29 is 14.3 Å². The molecule has 2 amide bonds. The second kappa shape index (κ2) is 10.9. The SMILES string of the molecule is CCCN(CC(=O)Nc1ccccc1OC)CC(=O)N[C@H]1CCCC[C@@H]1C. The van der Waals surface area contributed by atoms with Crippen LogP contribution in [0.3, 0.4) is 0 Å². The molecule has 1 aliphatic rings. The van der Waals surface area contributed by atoms with Crippen LogP contribution in [0.1, 0.15) is 46.0 Å². The molecule has 1 aromatic carbocycles. The van der Waals surface area contributed by atoms with Crippen molar-refractivity contribution >= 4 is 17.5 Å². The smallest absolute Gasteiger partial charge is 0.238 e. The predicted octanol–water partition coefficient (Wildman–Crippen LogP) is 3.04. The van der Waals surface area contributed by atoms with Crippen LogP contribution in [0.4, 0.5) is 5.69 Å². The van der Waals surface area contributed by atoms with E-state index in [0.29, 0.717) is 23.9 Å². The average molecular weight is 376 g/mol. The summed E-state index contributed by atoms with van der Waals surface area (Å²) in [6.07, 6.45) is 5.53. The molecular formula is C21H33N3O3. The van der Waals surface area contributed by atoms with Crippen molar-refractivity contribution in [1.82, 2.24) is 10.2 Å². The summed E-state index contributed by atoms with van der Waals surface area (Å²) in [6.45, 7) is 5.38. The molecule has 0 heterocycles.